The maximum Gasteiger partial charge on any atom is 0.242 e. The van der Waals surface area contributed by atoms with Crippen molar-refractivity contribution in [1.82, 2.24) is 24.2 Å². The first-order valence-corrected chi connectivity index (χ1v) is 8.52. The van der Waals surface area contributed by atoms with E-state index in [0.29, 0.717) is 6.54 Å². The van der Waals surface area contributed by atoms with Gasteiger partial charge in [0.2, 0.25) is 5.91 Å². The highest BCUT2D eigenvalue weighted by molar-refractivity contribution is 5.87. The zero-order chi connectivity index (χ0) is 17.4. The zero-order valence-electron chi connectivity index (χ0n) is 14.6. The second-order valence-electron chi connectivity index (χ2n) is 6.61. The predicted octanol–water partition coefficient (Wildman–Crippen LogP) is 1.09. The number of benzene rings is 1. The van der Waals surface area contributed by atoms with Gasteiger partial charge in [-0.2, -0.15) is 0 Å². The van der Waals surface area contributed by atoms with Crippen LogP contribution in [0, 0.1) is 0 Å². The van der Waals surface area contributed by atoms with Crippen LogP contribution in [0.3, 0.4) is 0 Å². The molecule has 0 bridgehead atoms. The Bertz CT molecular complexity index is 912. The zero-order valence-corrected chi connectivity index (χ0v) is 14.6. The maximum atomic E-state index is 12.6. The molecule has 4 rings (SSSR count). The molecular weight excluding hydrogens is 316 g/mol. The number of carbonyl (C=O) groups excluding carboxylic acids is 1. The molecule has 0 aliphatic carbocycles. The van der Waals surface area contributed by atoms with E-state index in [2.05, 4.69) is 16.9 Å². The number of amides is 1. The fraction of sp³-hybridized carbons (Fsp3) is 0.389. The minimum absolute atomic E-state index is 0.142. The molecule has 0 saturated carbocycles. The van der Waals surface area contributed by atoms with E-state index in [0.717, 1.165) is 48.5 Å². The molecule has 0 N–H and O–H groups in total. The molecule has 2 aromatic heterocycles. The Labute approximate surface area is 146 Å². The third-order valence-electron chi connectivity index (χ3n) is 4.83. The number of aromatic nitrogens is 3. The van der Waals surface area contributed by atoms with E-state index >= 15 is 0 Å². The molecule has 1 aliphatic heterocycles. The highest BCUT2D eigenvalue weighted by atomic mass is 16.2. The Balaban J connectivity index is 1.62. The van der Waals surface area contributed by atoms with E-state index < -0.39 is 0 Å². The van der Waals surface area contributed by atoms with Crippen LogP contribution in [0.4, 0.5) is 5.82 Å². The summed E-state index contributed by atoms with van der Waals surface area (Å²) in [6.45, 7) is 3.75. The number of hydrogen-bond donors (Lipinski definition) is 0. The maximum absolute atomic E-state index is 12.6. The van der Waals surface area contributed by atoms with Gasteiger partial charge in [-0.05, 0) is 19.2 Å². The smallest absolute Gasteiger partial charge is 0.242 e. The molecule has 1 fully saturated rings. The van der Waals surface area contributed by atoms with Crippen LogP contribution in [0.1, 0.15) is 0 Å². The lowest BCUT2D eigenvalue weighted by molar-refractivity contribution is -0.131. The molecule has 1 amide bonds. The van der Waals surface area contributed by atoms with Crippen molar-refractivity contribution in [2.75, 3.05) is 51.7 Å². The van der Waals surface area contributed by atoms with Crippen LogP contribution in [0.25, 0.3) is 16.6 Å². The van der Waals surface area contributed by atoms with Crippen LogP contribution >= 0.6 is 0 Å². The number of anilines is 1. The quantitative estimate of drug-likeness (QED) is 0.716. The normalized spacial score (nSPS) is 15.8. The lowest BCUT2D eigenvalue weighted by Gasteiger charge is -2.33. The molecule has 0 radical (unpaired) electrons. The first-order chi connectivity index (χ1) is 12.1. The Morgan fingerprint density at radius 3 is 2.72 bits per heavy atom. The molecule has 130 valence electrons. The summed E-state index contributed by atoms with van der Waals surface area (Å²) in [4.78, 5) is 27.8. The first-order valence-electron chi connectivity index (χ1n) is 8.52. The minimum Gasteiger partial charge on any atom is -0.349 e. The van der Waals surface area contributed by atoms with Crippen molar-refractivity contribution in [3.63, 3.8) is 0 Å². The van der Waals surface area contributed by atoms with Crippen molar-refractivity contribution in [1.29, 1.82) is 0 Å². The van der Waals surface area contributed by atoms with E-state index in [4.69, 9.17) is 4.98 Å². The van der Waals surface area contributed by atoms with Gasteiger partial charge in [0, 0.05) is 33.2 Å². The van der Waals surface area contributed by atoms with Crippen LogP contribution in [0.5, 0.6) is 0 Å². The Hall–Kier alpha value is -2.67. The summed E-state index contributed by atoms with van der Waals surface area (Å²) in [6.07, 6.45) is 3.59. The number of rotatable bonds is 3. The van der Waals surface area contributed by atoms with Crippen molar-refractivity contribution in [2.24, 2.45) is 0 Å². The van der Waals surface area contributed by atoms with Crippen molar-refractivity contribution >= 4 is 28.3 Å². The standard InChI is InChI=1S/C18H22N6O/c1-21-7-9-23(10-8-21)17(25)12-22(2)18-16-11-19-13-24(16)15-6-4-3-5-14(15)20-18/h3-6,11,13H,7-10,12H2,1-2H3. The summed E-state index contributed by atoms with van der Waals surface area (Å²) in [5, 5.41) is 0. The minimum atomic E-state index is 0.142. The molecule has 7 nitrogen and oxygen atoms in total. The Kier molecular flexibility index (Phi) is 4.01. The number of imidazole rings is 1. The van der Waals surface area contributed by atoms with Crippen LogP contribution in [-0.2, 0) is 4.79 Å². The summed E-state index contributed by atoms with van der Waals surface area (Å²) in [5.74, 6) is 0.918. The first kappa shape index (κ1) is 15.8. The number of hydrogen-bond acceptors (Lipinski definition) is 5. The van der Waals surface area contributed by atoms with Crippen molar-refractivity contribution < 1.29 is 4.79 Å². The largest absolute Gasteiger partial charge is 0.349 e. The second kappa shape index (κ2) is 6.33. The lowest BCUT2D eigenvalue weighted by atomic mass is 10.3. The van der Waals surface area contributed by atoms with E-state index in [9.17, 15) is 4.79 Å². The summed E-state index contributed by atoms with van der Waals surface area (Å²) in [6, 6.07) is 7.96. The molecule has 3 aromatic rings. The van der Waals surface area contributed by atoms with Gasteiger partial charge in [0.25, 0.3) is 0 Å². The van der Waals surface area contributed by atoms with E-state index in [1.165, 1.54) is 0 Å². The van der Waals surface area contributed by atoms with Gasteiger partial charge in [0.05, 0.1) is 30.1 Å². The Morgan fingerprint density at radius 2 is 1.92 bits per heavy atom. The van der Waals surface area contributed by atoms with Gasteiger partial charge in [0.1, 0.15) is 5.52 Å². The molecule has 3 heterocycles. The fourth-order valence-corrected chi connectivity index (χ4v) is 3.30. The van der Waals surface area contributed by atoms with E-state index in [-0.39, 0.29) is 5.91 Å². The molecule has 0 atom stereocenters. The highest BCUT2D eigenvalue weighted by Crippen LogP contribution is 2.23. The van der Waals surface area contributed by atoms with Gasteiger partial charge >= 0.3 is 0 Å². The van der Waals surface area contributed by atoms with Gasteiger partial charge in [-0.25, -0.2) is 9.97 Å². The predicted molar refractivity (Wildman–Crippen MR) is 97.8 cm³/mol. The van der Waals surface area contributed by atoms with Gasteiger partial charge in [-0.15, -0.1) is 0 Å². The van der Waals surface area contributed by atoms with Crippen LogP contribution in [0.15, 0.2) is 36.8 Å². The molecule has 7 heteroatoms. The topological polar surface area (TPSA) is 57.0 Å². The summed E-state index contributed by atoms with van der Waals surface area (Å²) < 4.78 is 2.02. The van der Waals surface area contributed by atoms with Gasteiger partial charge in [-0.3, -0.25) is 9.20 Å². The number of likely N-dealkylation sites (N-methyl/N-ethyl adjacent to an activating group) is 2. The fourth-order valence-electron chi connectivity index (χ4n) is 3.30. The Morgan fingerprint density at radius 1 is 1.16 bits per heavy atom. The van der Waals surface area contributed by atoms with E-state index in [1.54, 1.807) is 12.5 Å². The lowest BCUT2D eigenvalue weighted by Crippen LogP contribution is -2.49. The highest BCUT2D eigenvalue weighted by Gasteiger charge is 2.21. The average Bonchev–Trinajstić information content (AvgIpc) is 3.11. The summed E-state index contributed by atoms with van der Waals surface area (Å²) >= 11 is 0. The number of piperazine rings is 1. The number of nitrogens with zero attached hydrogens (tertiary/aromatic N) is 6. The van der Waals surface area contributed by atoms with Gasteiger partial charge < -0.3 is 14.7 Å². The summed E-state index contributed by atoms with van der Waals surface area (Å²) in [5.41, 5.74) is 2.81. The average molecular weight is 338 g/mol. The van der Waals surface area contributed by atoms with Gasteiger partial charge in [0.15, 0.2) is 5.82 Å². The molecular formula is C18H22N6O. The SMILES string of the molecule is CN1CCN(C(=O)CN(C)c2nc3ccccc3n3cncc23)CC1. The molecule has 1 saturated heterocycles. The van der Waals surface area contributed by atoms with Crippen molar-refractivity contribution in [3.8, 4) is 0 Å². The molecule has 0 spiro atoms. The van der Waals surface area contributed by atoms with E-state index in [1.807, 2.05) is 45.5 Å². The van der Waals surface area contributed by atoms with Crippen molar-refractivity contribution in [3.05, 3.63) is 36.8 Å². The second-order valence-corrected chi connectivity index (χ2v) is 6.61. The molecule has 1 aliphatic rings. The van der Waals surface area contributed by atoms with Crippen LogP contribution < -0.4 is 4.90 Å². The molecule has 25 heavy (non-hydrogen) atoms. The molecule has 1 aromatic carbocycles. The van der Waals surface area contributed by atoms with Crippen LogP contribution in [-0.4, -0.2) is 76.9 Å². The molecule has 0 unspecified atom stereocenters. The van der Waals surface area contributed by atoms with Crippen molar-refractivity contribution in [2.45, 2.75) is 0 Å². The third kappa shape index (κ3) is 2.91. The van der Waals surface area contributed by atoms with Crippen LogP contribution in [0.2, 0.25) is 0 Å². The summed E-state index contributed by atoms with van der Waals surface area (Å²) in [7, 11) is 4.00. The number of carbonyl (C=O) groups is 1. The number of para-hydroxylation sites is 2. The number of fused-ring (bicyclic) bond motifs is 3. The van der Waals surface area contributed by atoms with Gasteiger partial charge in [-0.1, -0.05) is 12.1 Å². The monoisotopic (exact) mass is 338 g/mol. The third-order valence-corrected chi connectivity index (χ3v) is 4.83.